The largest absolute Gasteiger partial charge is 0.396 e. The zero-order valence-electron chi connectivity index (χ0n) is 9.64. The number of nitrogens with one attached hydrogen (secondary N) is 1. The van der Waals surface area contributed by atoms with Crippen molar-refractivity contribution in [2.24, 2.45) is 0 Å². The zero-order chi connectivity index (χ0) is 14.9. The summed E-state index contributed by atoms with van der Waals surface area (Å²) in [6.45, 7) is 0. The lowest BCUT2D eigenvalue weighted by atomic mass is 10.3. The van der Waals surface area contributed by atoms with Gasteiger partial charge in [-0.3, -0.25) is 4.72 Å². The van der Waals surface area contributed by atoms with Crippen molar-refractivity contribution in [3.63, 3.8) is 0 Å². The van der Waals surface area contributed by atoms with Crippen LogP contribution in [0.2, 0.25) is 10.2 Å². The van der Waals surface area contributed by atoms with Crippen molar-refractivity contribution in [1.82, 2.24) is 10.2 Å². The van der Waals surface area contributed by atoms with Gasteiger partial charge in [-0.1, -0.05) is 23.2 Å². The molecule has 1 aromatic carbocycles. The van der Waals surface area contributed by atoms with Crippen LogP contribution in [0.15, 0.2) is 29.2 Å². The first-order chi connectivity index (χ1) is 9.29. The Bertz CT molecular complexity index is 753. The first-order valence-electron chi connectivity index (χ1n) is 5.06. The van der Waals surface area contributed by atoms with Crippen LogP contribution in [0.5, 0.6) is 0 Å². The molecule has 0 bridgehead atoms. The van der Waals surface area contributed by atoms with Crippen molar-refractivity contribution in [3.8, 4) is 0 Å². The van der Waals surface area contributed by atoms with Gasteiger partial charge in [0.2, 0.25) is 0 Å². The molecule has 0 atom stereocenters. The van der Waals surface area contributed by atoms with Crippen LogP contribution in [0.3, 0.4) is 0 Å². The van der Waals surface area contributed by atoms with E-state index < -0.39 is 15.8 Å². The number of nitrogens with zero attached hydrogens (tertiary/aromatic N) is 2. The van der Waals surface area contributed by atoms with Crippen LogP contribution < -0.4 is 10.5 Å². The van der Waals surface area contributed by atoms with E-state index >= 15 is 0 Å². The molecule has 2 rings (SSSR count). The Morgan fingerprint density at radius 2 is 1.90 bits per heavy atom. The van der Waals surface area contributed by atoms with Gasteiger partial charge in [0.1, 0.15) is 10.7 Å². The van der Waals surface area contributed by atoms with E-state index in [1.807, 2.05) is 0 Å². The highest BCUT2D eigenvalue weighted by Crippen LogP contribution is 2.27. The summed E-state index contributed by atoms with van der Waals surface area (Å²) in [7, 11) is -4.07. The predicted molar refractivity (Wildman–Crippen MR) is 73.7 cm³/mol. The summed E-state index contributed by atoms with van der Waals surface area (Å²) >= 11 is 11.2. The number of benzene rings is 1. The maximum atomic E-state index is 13.2. The molecule has 0 spiro atoms. The molecule has 0 saturated heterocycles. The molecule has 0 radical (unpaired) electrons. The fraction of sp³-hybridized carbons (Fsp3) is 0. The molecular weight excluding hydrogens is 330 g/mol. The highest BCUT2D eigenvalue weighted by atomic mass is 35.5. The maximum absolute atomic E-state index is 13.2. The number of hydrogen-bond acceptors (Lipinski definition) is 5. The third-order valence-corrected chi connectivity index (χ3v) is 4.23. The molecule has 0 unspecified atom stereocenters. The normalized spacial score (nSPS) is 11.3. The maximum Gasteiger partial charge on any atom is 0.264 e. The van der Waals surface area contributed by atoms with Crippen molar-refractivity contribution in [3.05, 3.63) is 40.3 Å². The summed E-state index contributed by atoms with van der Waals surface area (Å²) in [5, 5.41) is 6.83. The molecule has 6 nitrogen and oxygen atoms in total. The molecule has 2 aromatic rings. The van der Waals surface area contributed by atoms with Gasteiger partial charge in [-0.15, -0.1) is 10.2 Å². The van der Waals surface area contributed by atoms with E-state index in [4.69, 9.17) is 28.9 Å². The van der Waals surface area contributed by atoms with Gasteiger partial charge in [0, 0.05) is 0 Å². The van der Waals surface area contributed by atoms with E-state index in [1.165, 1.54) is 12.1 Å². The summed E-state index contributed by atoms with van der Waals surface area (Å²) in [6, 6.07) is 4.41. The van der Waals surface area contributed by atoms with Gasteiger partial charge >= 0.3 is 0 Å². The van der Waals surface area contributed by atoms with Crippen molar-refractivity contribution in [2.75, 3.05) is 10.5 Å². The van der Waals surface area contributed by atoms with Gasteiger partial charge in [0.25, 0.3) is 10.0 Å². The minimum Gasteiger partial charge on any atom is -0.396 e. The number of nitrogens with two attached hydrogens (primary N) is 1. The van der Waals surface area contributed by atoms with Crippen molar-refractivity contribution in [1.29, 1.82) is 0 Å². The summed E-state index contributed by atoms with van der Waals surface area (Å²) < 4.78 is 39.5. The molecule has 20 heavy (non-hydrogen) atoms. The number of nitrogen functional groups attached to an aromatic ring is 1. The molecule has 0 aliphatic heterocycles. The van der Waals surface area contributed by atoms with E-state index in [9.17, 15) is 12.8 Å². The standard InChI is InChI=1S/C10H7Cl2FN4O2S/c11-5-3-6(13)7(14)4-8(5)20(18,19)17-10-2-1-9(12)15-16-10/h1-4H,14H2,(H,16,17). The molecule has 0 fully saturated rings. The lowest BCUT2D eigenvalue weighted by Crippen LogP contribution is -2.15. The van der Waals surface area contributed by atoms with Crippen LogP contribution in [0.25, 0.3) is 0 Å². The van der Waals surface area contributed by atoms with Crippen molar-refractivity contribution < 1.29 is 12.8 Å². The summed E-state index contributed by atoms with van der Waals surface area (Å²) in [6.07, 6.45) is 0. The second kappa shape index (κ2) is 5.39. The van der Waals surface area contributed by atoms with Gasteiger partial charge in [-0.05, 0) is 24.3 Å². The monoisotopic (exact) mass is 336 g/mol. The van der Waals surface area contributed by atoms with Gasteiger partial charge in [-0.2, -0.15) is 0 Å². The van der Waals surface area contributed by atoms with Crippen molar-refractivity contribution >= 4 is 44.7 Å². The number of sulfonamides is 1. The Morgan fingerprint density at radius 3 is 2.50 bits per heavy atom. The molecular formula is C10H7Cl2FN4O2S. The fourth-order valence-electron chi connectivity index (χ4n) is 1.31. The number of hydrogen-bond donors (Lipinski definition) is 2. The van der Waals surface area contributed by atoms with E-state index in [-0.39, 0.29) is 26.6 Å². The lowest BCUT2D eigenvalue weighted by Gasteiger charge is -2.09. The minimum atomic E-state index is -4.07. The van der Waals surface area contributed by atoms with Crippen LogP contribution >= 0.6 is 23.2 Å². The number of rotatable bonds is 3. The highest BCUT2D eigenvalue weighted by Gasteiger charge is 2.21. The van der Waals surface area contributed by atoms with E-state index in [1.54, 1.807) is 0 Å². The van der Waals surface area contributed by atoms with Crippen LogP contribution in [0.1, 0.15) is 0 Å². The first kappa shape index (κ1) is 14.8. The second-order valence-corrected chi connectivity index (χ2v) is 6.10. The molecule has 106 valence electrons. The molecule has 10 heteroatoms. The van der Waals surface area contributed by atoms with Crippen LogP contribution in [0.4, 0.5) is 15.9 Å². The third kappa shape index (κ3) is 3.09. The van der Waals surface area contributed by atoms with Crippen LogP contribution in [-0.4, -0.2) is 18.6 Å². The summed E-state index contributed by atoms with van der Waals surface area (Å²) in [5.41, 5.74) is 4.99. The van der Waals surface area contributed by atoms with Gasteiger partial charge in [0.05, 0.1) is 10.7 Å². The number of aromatic nitrogens is 2. The topological polar surface area (TPSA) is 98.0 Å². The Labute approximate surface area is 123 Å². The zero-order valence-corrected chi connectivity index (χ0v) is 12.0. The average molecular weight is 337 g/mol. The van der Waals surface area contributed by atoms with E-state index in [0.29, 0.717) is 0 Å². The molecule has 0 aliphatic rings. The minimum absolute atomic E-state index is 0.0617. The van der Waals surface area contributed by atoms with Gasteiger partial charge in [0.15, 0.2) is 11.0 Å². The summed E-state index contributed by atoms with van der Waals surface area (Å²) in [4.78, 5) is -0.366. The lowest BCUT2D eigenvalue weighted by molar-refractivity contribution is 0.600. The van der Waals surface area contributed by atoms with E-state index in [0.717, 1.165) is 12.1 Å². The highest BCUT2D eigenvalue weighted by molar-refractivity contribution is 7.92. The molecule has 0 saturated carbocycles. The summed E-state index contributed by atoms with van der Waals surface area (Å²) in [5.74, 6) is -0.867. The average Bonchev–Trinajstić information content (AvgIpc) is 2.36. The molecule has 3 N–H and O–H groups in total. The SMILES string of the molecule is Nc1cc(S(=O)(=O)Nc2ccc(Cl)nn2)c(Cl)cc1F. The molecule has 1 aromatic heterocycles. The first-order valence-corrected chi connectivity index (χ1v) is 7.30. The Kier molecular flexibility index (Phi) is 3.98. The quantitative estimate of drug-likeness (QED) is 0.838. The predicted octanol–water partition coefficient (Wildman–Crippen LogP) is 2.31. The third-order valence-electron chi connectivity index (χ3n) is 2.21. The Balaban J connectivity index is 2.40. The van der Waals surface area contributed by atoms with Crippen LogP contribution in [0, 0.1) is 5.82 Å². The van der Waals surface area contributed by atoms with E-state index in [2.05, 4.69) is 14.9 Å². The second-order valence-electron chi connectivity index (χ2n) is 3.65. The Morgan fingerprint density at radius 1 is 1.20 bits per heavy atom. The molecule has 0 aliphatic carbocycles. The fourth-order valence-corrected chi connectivity index (χ4v) is 2.96. The Hall–Kier alpha value is -1.64. The van der Waals surface area contributed by atoms with Crippen LogP contribution in [-0.2, 0) is 10.0 Å². The number of anilines is 2. The molecule has 1 heterocycles. The molecule has 0 amide bonds. The smallest absolute Gasteiger partial charge is 0.264 e. The van der Waals surface area contributed by atoms with Gasteiger partial charge < -0.3 is 5.73 Å². The van der Waals surface area contributed by atoms with Crippen molar-refractivity contribution in [2.45, 2.75) is 4.90 Å². The van der Waals surface area contributed by atoms with Gasteiger partial charge in [-0.25, -0.2) is 12.8 Å². The number of halogens is 3.